The van der Waals surface area contributed by atoms with Gasteiger partial charge in [0.05, 0.1) is 6.04 Å². The average molecular weight is 296 g/mol. The van der Waals surface area contributed by atoms with Gasteiger partial charge in [0.1, 0.15) is 4.34 Å². The summed E-state index contributed by atoms with van der Waals surface area (Å²) >= 11 is 11.0. The van der Waals surface area contributed by atoms with Crippen LogP contribution in [0.15, 0.2) is 10.5 Å². The lowest BCUT2D eigenvalue weighted by molar-refractivity contribution is 0.546. The fourth-order valence-corrected chi connectivity index (χ4v) is 3.15. The van der Waals surface area contributed by atoms with E-state index in [2.05, 4.69) is 27.3 Å². The maximum atomic E-state index is 5.99. The fourth-order valence-electron chi connectivity index (χ4n) is 1.34. The van der Waals surface area contributed by atoms with E-state index >= 15 is 0 Å². The van der Waals surface area contributed by atoms with Crippen molar-refractivity contribution in [1.82, 2.24) is 5.32 Å². The predicted octanol–water partition coefficient (Wildman–Crippen LogP) is 2.92. The van der Waals surface area contributed by atoms with Crippen LogP contribution in [0.3, 0.4) is 0 Å². The number of halogens is 2. The van der Waals surface area contributed by atoms with Crippen molar-refractivity contribution >= 4 is 38.9 Å². The lowest BCUT2D eigenvalue weighted by atomic mass is 10.2. The minimum absolute atomic E-state index is 0.260. The summed E-state index contributed by atoms with van der Waals surface area (Å²) in [6, 6.07) is 2.99. The molecule has 1 atom stereocenters. The Bertz CT molecular complexity index is 305. The van der Waals surface area contributed by atoms with E-state index in [1.54, 1.807) is 11.3 Å². The van der Waals surface area contributed by atoms with E-state index < -0.39 is 0 Å². The van der Waals surface area contributed by atoms with Gasteiger partial charge in [-0.2, -0.15) is 0 Å². The Balaban J connectivity index is 2.08. The van der Waals surface area contributed by atoms with Gasteiger partial charge in [0.15, 0.2) is 0 Å². The van der Waals surface area contributed by atoms with Crippen molar-refractivity contribution < 1.29 is 0 Å². The quantitative estimate of drug-likeness (QED) is 0.896. The molecule has 1 fully saturated rings. The Kier molecular flexibility index (Phi) is 3.50. The van der Waals surface area contributed by atoms with E-state index in [1.807, 2.05) is 0 Å². The maximum Gasteiger partial charge on any atom is 0.107 e. The van der Waals surface area contributed by atoms with Crippen molar-refractivity contribution in [2.75, 3.05) is 6.54 Å². The van der Waals surface area contributed by atoms with Crippen molar-refractivity contribution in [3.05, 3.63) is 19.8 Å². The molecule has 1 aliphatic carbocycles. The fraction of sp³-hybridized carbons (Fsp3) is 0.556. The summed E-state index contributed by atoms with van der Waals surface area (Å²) in [7, 11) is 0. The van der Waals surface area contributed by atoms with Crippen molar-refractivity contribution in [3.63, 3.8) is 0 Å². The van der Waals surface area contributed by atoms with Crippen molar-refractivity contribution in [2.24, 2.45) is 5.73 Å². The molecular formula is C9H12BrClN2S. The molecule has 0 aromatic carbocycles. The highest BCUT2D eigenvalue weighted by Gasteiger charge is 2.25. The first-order valence-corrected chi connectivity index (χ1v) is 6.60. The first kappa shape index (κ1) is 10.9. The molecule has 1 aliphatic rings. The van der Waals surface area contributed by atoms with Gasteiger partial charge in [-0.15, -0.1) is 11.3 Å². The third-order valence-electron chi connectivity index (χ3n) is 2.26. The van der Waals surface area contributed by atoms with Gasteiger partial charge < -0.3 is 11.1 Å². The van der Waals surface area contributed by atoms with Crippen LogP contribution in [0, 0.1) is 0 Å². The van der Waals surface area contributed by atoms with E-state index in [1.165, 1.54) is 17.7 Å². The molecule has 0 saturated heterocycles. The minimum atomic E-state index is 0.260. The second-order valence-electron chi connectivity index (χ2n) is 3.50. The summed E-state index contributed by atoms with van der Waals surface area (Å²) in [5.41, 5.74) is 5.73. The molecule has 1 aromatic heterocycles. The lowest BCUT2D eigenvalue weighted by Crippen LogP contribution is -2.29. The number of hydrogen-bond acceptors (Lipinski definition) is 3. The number of nitrogens with two attached hydrogens (primary N) is 1. The zero-order valence-corrected chi connectivity index (χ0v) is 10.8. The molecule has 0 spiro atoms. The molecule has 0 aliphatic heterocycles. The molecular weight excluding hydrogens is 284 g/mol. The van der Waals surface area contributed by atoms with E-state index in [9.17, 15) is 0 Å². The molecule has 5 heteroatoms. The Morgan fingerprint density at radius 1 is 1.71 bits per heavy atom. The van der Waals surface area contributed by atoms with Crippen molar-refractivity contribution in [1.29, 1.82) is 0 Å². The minimum Gasteiger partial charge on any atom is -0.329 e. The van der Waals surface area contributed by atoms with Crippen LogP contribution in [0.4, 0.5) is 0 Å². The highest BCUT2D eigenvalue weighted by atomic mass is 79.9. The van der Waals surface area contributed by atoms with Gasteiger partial charge >= 0.3 is 0 Å². The SMILES string of the molecule is NCC(NC1CC1)c1cc(Br)c(Cl)s1. The molecule has 1 unspecified atom stereocenters. The van der Waals surface area contributed by atoms with Gasteiger partial charge in [-0.3, -0.25) is 0 Å². The molecule has 14 heavy (non-hydrogen) atoms. The van der Waals surface area contributed by atoms with Gasteiger partial charge in [0.2, 0.25) is 0 Å². The Morgan fingerprint density at radius 3 is 2.86 bits per heavy atom. The average Bonchev–Trinajstić information content (AvgIpc) is 2.91. The molecule has 1 heterocycles. The summed E-state index contributed by atoms with van der Waals surface area (Å²) in [6.07, 6.45) is 2.55. The standard InChI is InChI=1S/C9H12BrClN2S/c10-6-3-8(14-9(6)11)7(4-12)13-5-1-2-5/h3,5,7,13H,1-2,4,12H2. The molecule has 2 rings (SSSR count). The third-order valence-corrected chi connectivity index (χ3v) is 4.85. The van der Waals surface area contributed by atoms with Gasteiger partial charge in [-0.1, -0.05) is 11.6 Å². The third kappa shape index (κ3) is 2.49. The number of thiophene rings is 1. The summed E-state index contributed by atoms with van der Waals surface area (Å²) < 4.78 is 1.77. The van der Waals surface area contributed by atoms with E-state index in [0.29, 0.717) is 12.6 Å². The summed E-state index contributed by atoms with van der Waals surface area (Å²) in [5, 5.41) is 3.50. The number of rotatable bonds is 4. The molecule has 0 amide bonds. The van der Waals surface area contributed by atoms with Crippen LogP contribution < -0.4 is 11.1 Å². The highest BCUT2D eigenvalue weighted by Crippen LogP contribution is 2.36. The zero-order valence-electron chi connectivity index (χ0n) is 7.59. The maximum absolute atomic E-state index is 5.99. The number of hydrogen-bond donors (Lipinski definition) is 2. The first-order valence-electron chi connectivity index (χ1n) is 4.61. The monoisotopic (exact) mass is 294 g/mol. The zero-order chi connectivity index (χ0) is 10.1. The topological polar surface area (TPSA) is 38.0 Å². The Hall–Kier alpha value is 0.390. The molecule has 1 aromatic rings. The van der Waals surface area contributed by atoms with Crippen LogP contribution in [0.5, 0.6) is 0 Å². The van der Waals surface area contributed by atoms with E-state index in [-0.39, 0.29) is 6.04 Å². The molecule has 3 N–H and O–H groups in total. The molecule has 0 radical (unpaired) electrons. The van der Waals surface area contributed by atoms with E-state index in [0.717, 1.165) is 8.81 Å². The number of nitrogens with one attached hydrogen (secondary N) is 1. The van der Waals surface area contributed by atoms with Gasteiger partial charge in [0.25, 0.3) is 0 Å². The molecule has 78 valence electrons. The molecule has 0 bridgehead atoms. The van der Waals surface area contributed by atoms with Crippen LogP contribution >= 0.6 is 38.9 Å². The summed E-state index contributed by atoms with van der Waals surface area (Å²) in [4.78, 5) is 1.22. The Labute approximate surface area is 101 Å². The predicted molar refractivity (Wildman–Crippen MR) is 65.0 cm³/mol. The molecule has 1 saturated carbocycles. The van der Waals surface area contributed by atoms with Gasteiger partial charge in [-0.25, -0.2) is 0 Å². The van der Waals surface area contributed by atoms with Crippen LogP contribution in [0.1, 0.15) is 23.8 Å². The van der Waals surface area contributed by atoms with Gasteiger partial charge in [0, 0.05) is 21.9 Å². The largest absolute Gasteiger partial charge is 0.329 e. The van der Waals surface area contributed by atoms with E-state index in [4.69, 9.17) is 17.3 Å². The van der Waals surface area contributed by atoms with Crippen LogP contribution in [-0.4, -0.2) is 12.6 Å². The van der Waals surface area contributed by atoms with Crippen molar-refractivity contribution in [3.8, 4) is 0 Å². The normalized spacial score (nSPS) is 18.5. The summed E-state index contributed by atoms with van der Waals surface area (Å²) in [5.74, 6) is 0. The van der Waals surface area contributed by atoms with Crippen LogP contribution in [-0.2, 0) is 0 Å². The smallest absolute Gasteiger partial charge is 0.107 e. The lowest BCUT2D eigenvalue weighted by Gasteiger charge is -2.14. The highest BCUT2D eigenvalue weighted by molar-refractivity contribution is 9.10. The second kappa shape index (κ2) is 4.49. The van der Waals surface area contributed by atoms with Crippen molar-refractivity contribution in [2.45, 2.75) is 24.9 Å². The molecule has 2 nitrogen and oxygen atoms in total. The Morgan fingerprint density at radius 2 is 2.43 bits per heavy atom. The second-order valence-corrected chi connectivity index (χ2v) is 6.04. The summed E-state index contributed by atoms with van der Waals surface area (Å²) in [6.45, 7) is 0.625. The van der Waals surface area contributed by atoms with Gasteiger partial charge in [-0.05, 0) is 34.8 Å². The van der Waals surface area contributed by atoms with Crippen LogP contribution in [0.2, 0.25) is 4.34 Å². The van der Waals surface area contributed by atoms with Crippen LogP contribution in [0.25, 0.3) is 0 Å². The first-order chi connectivity index (χ1) is 6.70.